The van der Waals surface area contributed by atoms with Crippen molar-refractivity contribution in [1.82, 2.24) is 0 Å². The highest BCUT2D eigenvalue weighted by Gasteiger charge is 2.40. The van der Waals surface area contributed by atoms with E-state index in [1.54, 1.807) is 0 Å². The van der Waals surface area contributed by atoms with Gasteiger partial charge >= 0.3 is 0 Å². The van der Waals surface area contributed by atoms with E-state index in [0.717, 1.165) is 37.5 Å². The molecule has 1 heteroatoms. The molecule has 2 fully saturated rings. The fourth-order valence-corrected chi connectivity index (χ4v) is 3.05. The Labute approximate surface area is 81.5 Å². The predicted octanol–water partition coefficient (Wildman–Crippen LogP) is 3.12. The third-order valence-electron chi connectivity index (χ3n) is 3.86. The van der Waals surface area contributed by atoms with E-state index in [2.05, 4.69) is 6.92 Å². The van der Waals surface area contributed by atoms with Crippen molar-refractivity contribution in [2.24, 2.45) is 11.8 Å². The van der Waals surface area contributed by atoms with Crippen molar-refractivity contribution in [3.05, 3.63) is 0 Å². The summed E-state index contributed by atoms with van der Waals surface area (Å²) in [5, 5.41) is 10.3. The van der Waals surface area contributed by atoms with Gasteiger partial charge < -0.3 is 5.11 Å². The average Bonchev–Trinajstić information content (AvgIpc) is 2.86. The summed E-state index contributed by atoms with van der Waals surface area (Å²) in [5.41, 5.74) is -0.278. The van der Waals surface area contributed by atoms with Gasteiger partial charge in [0, 0.05) is 0 Å². The van der Waals surface area contributed by atoms with E-state index in [-0.39, 0.29) is 5.60 Å². The van der Waals surface area contributed by atoms with Gasteiger partial charge in [-0.15, -0.1) is 0 Å². The van der Waals surface area contributed by atoms with Crippen molar-refractivity contribution >= 4 is 0 Å². The average molecular weight is 182 g/mol. The fraction of sp³-hybridized carbons (Fsp3) is 1.00. The molecule has 2 unspecified atom stereocenters. The molecule has 0 saturated heterocycles. The second-order valence-corrected chi connectivity index (χ2v) is 5.17. The van der Waals surface area contributed by atoms with E-state index in [1.807, 2.05) is 0 Å². The quantitative estimate of drug-likeness (QED) is 0.711. The summed E-state index contributed by atoms with van der Waals surface area (Å²) in [6.45, 7) is 2.18. The Morgan fingerprint density at radius 3 is 2.62 bits per heavy atom. The topological polar surface area (TPSA) is 20.2 Å². The summed E-state index contributed by atoms with van der Waals surface area (Å²) in [4.78, 5) is 0. The first-order valence-electron chi connectivity index (χ1n) is 5.96. The monoisotopic (exact) mass is 182 g/mol. The molecule has 0 aliphatic heterocycles. The fourth-order valence-electron chi connectivity index (χ4n) is 3.05. The van der Waals surface area contributed by atoms with Crippen LogP contribution in [0.15, 0.2) is 0 Å². The predicted molar refractivity (Wildman–Crippen MR) is 54.5 cm³/mol. The summed E-state index contributed by atoms with van der Waals surface area (Å²) in [6.07, 6.45) is 9.84. The molecule has 0 bridgehead atoms. The van der Waals surface area contributed by atoms with Crippen LogP contribution in [-0.4, -0.2) is 10.7 Å². The van der Waals surface area contributed by atoms with Crippen LogP contribution in [0.25, 0.3) is 0 Å². The first-order chi connectivity index (χ1) is 6.23. The molecule has 1 nitrogen and oxygen atoms in total. The van der Waals surface area contributed by atoms with E-state index in [1.165, 1.54) is 25.7 Å². The largest absolute Gasteiger partial charge is 0.390 e. The highest BCUT2D eigenvalue weighted by atomic mass is 16.3. The molecule has 13 heavy (non-hydrogen) atoms. The van der Waals surface area contributed by atoms with E-state index in [9.17, 15) is 5.11 Å². The third-order valence-corrected chi connectivity index (χ3v) is 3.86. The van der Waals surface area contributed by atoms with Crippen molar-refractivity contribution < 1.29 is 5.11 Å². The lowest BCUT2D eigenvalue weighted by Gasteiger charge is -2.37. The summed E-state index contributed by atoms with van der Waals surface area (Å²) >= 11 is 0. The smallest absolute Gasteiger partial charge is 0.0650 e. The van der Waals surface area contributed by atoms with E-state index in [0.29, 0.717) is 0 Å². The van der Waals surface area contributed by atoms with Gasteiger partial charge in [0.15, 0.2) is 0 Å². The molecule has 2 atom stereocenters. The van der Waals surface area contributed by atoms with Gasteiger partial charge in [-0.3, -0.25) is 0 Å². The zero-order valence-corrected chi connectivity index (χ0v) is 8.76. The van der Waals surface area contributed by atoms with E-state index >= 15 is 0 Å². The Morgan fingerprint density at radius 2 is 2.00 bits per heavy atom. The van der Waals surface area contributed by atoms with Gasteiger partial charge in [0.05, 0.1) is 5.60 Å². The van der Waals surface area contributed by atoms with Gasteiger partial charge in [-0.2, -0.15) is 0 Å². The SMILES string of the molecule is CCCC1(O)CCCC(C2CC2)C1. The van der Waals surface area contributed by atoms with Gasteiger partial charge in [-0.25, -0.2) is 0 Å². The van der Waals surface area contributed by atoms with Gasteiger partial charge in [-0.1, -0.05) is 19.8 Å². The van der Waals surface area contributed by atoms with Crippen molar-refractivity contribution in [2.75, 3.05) is 0 Å². The van der Waals surface area contributed by atoms with E-state index < -0.39 is 0 Å². The molecule has 0 aromatic heterocycles. The van der Waals surface area contributed by atoms with Crippen LogP contribution in [0.2, 0.25) is 0 Å². The minimum Gasteiger partial charge on any atom is -0.390 e. The van der Waals surface area contributed by atoms with Crippen molar-refractivity contribution in [3.63, 3.8) is 0 Å². The Balaban J connectivity index is 1.89. The van der Waals surface area contributed by atoms with Crippen molar-refractivity contribution in [1.29, 1.82) is 0 Å². The molecule has 0 amide bonds. The molecule has 2 saturated carbocycles. The van der Waals surface area contributed by atoms with Gasteiger partial charge in [0.25, 0.3) is 0 Å². The lowest BCUT2D eigenvalue weighted by atomic mass is 9.74. The molecule has 0 heterocycles. The normalized spacial score (nSPS) is 40.6. The summed E-state index contributed by atoms with van der Waals surface area (Å²) < 4.78 is 0. The van der Waals surface area contributed by atoms with Gasteiger partial charge in [-0.05, 0) is 50.4 Å². The lowest BCUT2D eigenvalue weighted by Crippen LogP contribution is -2.35. The standard InChI is InChI=1S/C12H22O/c1-2-7-12(13)8-3-4-11(9-12)10-5-6-10/h10-11,13H,2-9H2,1H3. The first kappa shape index (κ1) is 9.51. The Kier molecular flexibility index (Phi) is 2.64. The van der Waals surface area contributed by atoms with Gasteiger partial charge in [0.1, 0.15) is 0 Å². The van der Waals surface area contributed by atoms with Crippen LogP contribution in [0.4, 0.5) is 0 Å². The Hall–Kier alpha value is -0.0400. The lowest BCUT2D eigenvalue weighted by molar-refractivity contribution is -0.0273. The molecule has 76 valence electrons. The van der Waals surface area contributed by atoms with Crippen LogP contribution < -0.4 is 0 Å². The maximum Gasteiger partial charge on any atom is 0.0650 e. The van der Waals surface area contributed by atoms with Crippen LogP contribution in [0.3, 0.4) is 0 Å². The minimum atomic E-state index is -0.278. The van der Waals surface area contributed by atoms with Crippen LogP contribution >= 0.6 is 0 Å². The molecule has 2 rings (SSSR count). The molecular formula is C12H22O. The van der Waals surface area contributed by atoms with E-state index in [4.69, 9.17) is 0 Å². The molecule has 0 spiro atoms. The summed E-state index contributed by atoms with van der Waals surface area (Å²) in [7, 11) is 0. The molecule has 2 aliphatic rings. The molecule has 0 aromatic carbocycles. The number of hydrogen-bond donors (Lipinski definition) is 1. The maximum absolute atomic E-state index is 10.3. The van der Waals surface area contributed by atoms with Crippen LogP contribution in [0, 0.1) is 11.8 Å². The molecule has 1 N–H and O–H groups in total. The number of hydrogen-bond acceptors (Lipinski definition) is 1. The van der Waals surface area contributed by atoms with Crippen LogP contribution in [0.1, 0.15) is 58.3 Å². The second kappa shape index (κ2) is 3.61. The van der Waals surface area contributed by atoms with Crippen LogP contribution in [0.5, 0.6) is 0 Å². The maximum atomic E-state index is 10.3. The first-order valence-corrected chi connectivity index (χ1v) is 5.96. The van der Waals surface area contributed by atoms with Gasteiger partial charge in [0.2, 0.25) is 0 Å². The van der Waals surface area contributed by atoms with Crippen LogP contribution in [-0.2, 0) is 0 Å². The second-order valence-electron chi connectivity index (χ2n) is 5.17. The third kappa shape index (κ3) is 2.25. The minimum absolute atomic E-state index is 0.278. The number of rotatable bonds is 3. The highest BCUT2D eigenvalue weighted by Crippen LogP contribution is 2.47. The summed E-state index contributed by atoms with van der Waals surface area (Å²) in [6, 6.07) is 0. The summed E-state index contributed by atoms with van der Waals surface area (Å²) in [5.74, 6) is 1.86. The molecule has 0 radical (unpaired) electrons. The molecule has 0 aromatic rings. The highest BCUT2D eigenvalue weighted by molar-refractivity contribution is 4.92. The number of aliphatic hydroxyl groups is 1. The molecular weight excluding hydrogens is 160 g/mol. The van der Waals surface area contributed by atoms with Crippen molar-refractivity contribution in [2.45, 2.75) is 63.9 Å². The Bertz CT molecular complexity index is 170. The van der Waals surface area contributed by atoms with Crippen molar-refractivity contribution in [3.8, 4) is 0 Å². The Morgan fingerprint density at radius 1 is 1.23 bits per heavy atom. The zero-order chi connectivity index (χ0) is 9.31. The molecule has 2 aliphatic carbocycles. The zero-order valence-electron chi connectivity index (χ0n) is 8.76.